The van der Waals surface area contributed by atoms with Crippen molar-refractivity contribution in [2.24, 2.45) is 5.92 Å². The lowest BCUT2D eigenvalue weighted by Crippen LogP contribution is -2.14. The summed E-state index contributed by atoms with van der Waals surface area (Å²) in [5.41, 5.74) is 0.986. The number of aliphatic hydroxyl groups excluding tert-OH is 1. The van der Waals surface area contributed by atoms with E-state index in [1.165, 1.54) is 12.1 Å². The van der Waals surface area contributed by atoms with E-state index < -0.39 is 17.7 Å². The second-order valence-corrected chi connectivity index (χ2v) is 5.25. The summed E-state index contributed by atoms with van der Waals surface area (Å²) in [5, 5.41) is 10.4. The average molecular weight is 307 g/mol. The maximum atomic E-state index is 13.2. The maximum Gasteiger partial charge on any atom is 0.126 e. The molecule has 1 aromatic heterocycles. The number of hydrogen-bond acceptors (Lipinski definition) is 3. The predicted molar refractivity (Wildman–Crippen MR) is 79.6 cm³/mol. The number of aromatic nitrogens is 1. The number of halogens is 2. The summed E-state index contributed by atoms with van der Waals surface area (Å²) in [4.78, 5) is 4.14. The van der Waals surface area contributed by atoms with E-state index in [0.717, 1.165) is 6.07 Å². The van der Waals surface area contributed by atoms with Crippen LogP contribution in [-0.4, -0.2) is 16.7 Å². The Morgan fingerprint density at radius 2 is 1.86 bits per heavy atom. The Balaban J connectivity index is 2.11. The number of hydrogen-bond donors (Lipinski definition) is 1. The minimum Gasteiger partial charge on any atom is -0.494 e. The lowest BCUT2D eigenvalue weighted by Gasteiger charge is -2.19. The van der Waals surface area contributed by atoms with Gasteiger partial charge in [-0.15, -0.1) is 0 Å². The number of aliphatic hydroxyl groups is 1. The molecule has 0 aliphatic heterocycles. The van der Waals surface area contributed by atoms with E-state index in [-0.39, 0.29) is 5.92 Å². The van der Waals surface area contributed by atoms with Crippen LogP contribution in [0.3, 0.4) is 0 Å². The van der Waals surface area contributed by atoms with Gasteiger partial charge in [-0.1, -0.05) is 6.92 Å². The van der Waals surface area contributed by atoms with Crippen molar-refractivity contribution >= 4 is 0 Å². The Kier molecular flexibility index (Phi) is 5.44. The molecular weight excluding hydrogens is 288 g/mol. The van der Waals surface area contributed by atoms with E-state index in [2.05, 4.69) is 4.98 Å². The van der Waals surface area contributed by atoms with Crippen LogP contribution in [0.2, 0.25) is 0 Å². The van der Waals surface area contributed by atoms with Crippen LogP contribution in [0.15, 0.2) is 36.5 Å². The van der Waals surface area contributed by atoms with E-state index in [0.29, 0.717) is 30.0 Å². The zero-order chi connectivity index (χ0) is 16.1. The molecule has 0 bridgehead atoms. The summed E-state index contributed by atoms with van der Waals surface area (Å²) >= 11 is 0. The zero-order valence-electron chi connectivity index (χ0n) is 12.6. The molecule has 22 heavy (non-hydrogen) atoms. The van der Waals surface area contributed by atoms with Crippen molar-refractivity contribution in [3.8, 4) is 5.75 Å². The molecule has 0 aliphatic carbocycles. The fourth-order valence-corrected chi connectivity index (χ4v) is 2.35. The maximum absolute atomic E-state index is 13.2. The fraction of sp³-hybridized carbons (Fsp3) is 0.353. The van der Waals surface area contributed by atoms with Crippen LogP contribution in [0.5, 0.6) is 5.75 Å². The molecule has 0 amide bonds. The molecule has 0 radical (unpaired) electrons. The Hall–Kier alpha value is -2.01. The smallest absolute Gasteiger partial charge is 0.126 e. The highest BCUT2D eigenvalue weighted by Crippen LogP contribution is 2.26. The zero-order valence-corrected chi connectivity index (χ0v) is 12.6. The molecule has 0 saturated carbocycles. The highest BCUT2D eigenvalue weighted by atomic mass is 19.1. The van der Waals surface area contributed by atoms with Gasteiger partial charge in [0.15, 0.2) is 0 Å². The third-order valence-corrected chi connectivity index (χ3v) is 3.39. The number of pyridine rings is 1. The Labute approximate surface area is 128 Å². The van der Waals surface area contributed by atoms with Gasteiger partial charge in [0.2, 0.25) is 0 Å². The third-order valence-electron chi connectivity index (χ3n) is 3.39. The van der Waals surface area contributed by atoms with E-state index in [1.807, 2.05) is 13.8 Å². The van der Waals surface area contributed by atoms with Gasteiger partial charge < -0.3 is 9.84 Å². The first kappa shape index (κ1) is 16.4. The Bertz CT molecular complexity index is 614. The van der Waals surface area contributed by atoms with Gasteiger partial charge in [-0.25, -0.2) is 8.78 Å². The highest BCUT2D eigenvalue weighted by Gasteiger charge is 2.19. The molecular formula is C17H19F2NO2. The van der Waals surface area contributed by atoms with E-state index >= 15 is 0 Å². The first-order valence-corrected chi connectivity index (χ1v) is 7.21. The molecule has 2 atom stereocenters. The minimum atomic E-state index is -0.841. The number of ether oxygens (including phenoxy) is 1. The van der Waals surface area contributed by atoms with Crippen molar-refractivity contribution in [1.82, 2.24) is 4.98 Å². The van der Waals surface area contributed by atoms with Crippen molar-refractivity contribution in [2.75, 3.05) is 6.61 Å². The van der Waals surface area contributed by atoms with Crippen LogP contribution in [0.1, 0.15) is 31.2 Å². The molecule has 1 N–H and O–H groups in total. The van der Waals surface area contributed by atoms with E-state index in [4.69, 9.17) is 4.74 Å². The predicted octanol–water partition coefficient (Wildman–Crippen LogP) is 3.67. The summed E-state index contributed by atoms with van der Waals surface area (Å²) in [7, 11) is 0. The molecule has 0 spiro atoms. The number of rotatable bonds is 6. The first-order chi connectivity index (χ1) is 10.5. The van der Waals surface area contributed by atoms with Crippen molar-refractivity contribution in [1.29, 1.82) is 0 Å². The Morgan fingerprint density at radius 1 is 1.18 bits per heavy atom. The van der Waals surface area contributed by atoms with Gasteiger partial charge in [-0.3, -0.25) is 4.98 Å². The summed E-state index contributed by atoms with van der Waals surface area (Å²) in [5.74, 6) is -0.845. The normalized spacial score (nSPS) is 13.7. The lowest BCUT2D eigenvalue weighted by atomic mass is 9.93. The monoisotopic (exact) mass is 307 g/mol. The summed E-state index contributed by atoms with van der Waals surface area (Å²) in [6.07, 6.45) is 1.07. The van der Waals surface area contributed by atoms with Crippen LogP contribution in [0.25, 0.3) is 0 Å². The molecule has 1 heterocycles. The van der Waals surface area contributed by atoms with Gasteiger partial charge in [0, 0.05) is 18.3 Å². The summed E-state index contributed by atoms with van der Waals surface area (Å²) in [6, 6.07) is 6.77. The molecule has 5 heteroatoms. The molecule has 0 fully saturated rings. The quantitative estimate of drug-likeness (QED) is 0.885. The second kappa shape index (κ2) is 7.31. The third kappa shape index (κ3) is 4.24. The first-order valence-electron chi connectivity index (χ1n) is 7.21. The lowest BCUT2D eigenvalue weighted by molar-refractivity contribution is 0.113. The average Bonchev–Trinajstić information content (AvgIpc) is 2.46. The molecule has 2 rings (SSSR count). The molecule has 0 saturated heterocycles. The molecule has 118 valence electrons. The highest BCUT2D eigenvalue weighted by molar-refractivity contribution is 5.25. The Morgan fingerprint density at radius 3 is 2.50 bits per heavy atom. The van der Waals surface area contributed by atoms with Crippen LogP contribution in [-0.2, 0) is 6.42 Å². The van der Waals surface area contributed by atoms with E-state index in [9.17, 15) is 13.9 Å². The van der Waals surface area contributed by atoms with Crippen LogP contribution in [0.4, 0.5) is 8.78 Å². The second-order valence-electron chi connectivity index (χ2n) is 5.25. The van der Waals surface area contributed by atoms with Crippen LogP contribution < -0.4 is 4.74 Å². The van der Waals surface area contributed by atoms with Crippen molar-refractivity contribution in [3.63, 3.8) is 0 Å². The number of benzene rings is 1. The van der Waals surface area contributed by atoms with Gasteiger partial charge in [0.25, 0.3) is 0 Å². The van der Waals surface area contributed by atoms with Gasteiger partial charge in [0.05, 0.1) is 18.4 Å². The SMILES string of the molecule is CCOc1ccnc([C@@H](O)[C@@H](C)Cc2cc(F)cc(F)c2)c1. The van der Waals surface area contributed by atoms with Crippen LogP contribution >= 0.6 is 0 Å². The fourth-order valence-electron chi connectivity index (χ4n) is 2.35. The molecule has 2 aromatic rings. The minimum absolute atomic E-state index is 0.245. The summed E-state index contributed by atoms with van der Waals surface area (Å²) in [6.45, 7) is 4.21. The molecule has 1 aromatic carbocycles. The van der Waals surface area contributed by atoms with Gasteiger partial charge in [-0.05, 0) is 43.0 Å². The number of nitrogens with zero attached hydrogens (tertiary/aromatic N) is 1. The van der Waals surface area contributed by atoms with Crippen molar-refractivity contribution < 1.29 is 18.6 Å². The van der Waals surface area contributed by atoms with Gasteiger partial charge in [0.1, 0.15) is 17.4 Å². The van der Waals surface area contributed by atoms with Crippen molar-refractivity contribution in [3.05, 3.63) is 59.4 Å². The van der Waals surface area contributed by atoms with Crippen molar-refractivity contribution in [2.45, 2.75) is 26.4 Å². The van der Waals surface area contributed by atoms with E-state index in [1.54, 1.807) is 18.3 Å². The van der Waals surface area contributed by atoms with Gasteiger partial charge >= 0.3 is 0 Å². The molecule has 3 nitrogen and oxygen atoms in total. The summed E-state index contributed by atoms with van der Waals surface area (Å²) < 4.78 is 31.8. The standard InChI is InChI=1S/C17H19F2NO2/c1-3-22-15-4-5-20-16(10-15)17(21)11(2)6-12-7-13(18)9-14(19)8-12/h4-5,7-11,17,21H,3,6H2,1-2H3/t11-,17-/m0/s1. The molecule has 0 aliphatic rings. The largest absolute Gasteiger partial charge is 0.494 e. The molecule has 0 unspecified atom stereocenters. The van der Waals surface area contributed by atoms with Gasteiger partial charge in [-0.2, -0.15) is 0 Å². The van der Waals surface area contributed by atoms with Crippen LogP contribution in [0, 0.1) is 17.6 Å². The topological polar surface area (TPSA) is 42.4 Å².